The Morgan fingerprint density at radius 1 is 1.28 bits per heavy atom. The number of hydrogen-bond donors (Lipinski definition) is 5. The van der Waals surface area contributed by atoms with Crippen LogP contribution in [0.25, 0.3) is 0 Å². The molecule has 2 aromatic rings. The molecule has 1 aliphatic heterocycles. The van der Waals surface area contributed by atoms with Crippen LogP contribution >= 0.6 is 0 Å². The molecule has 29 heavy (non-hydrogen) atoms. The molecule has 1 aromatic heterocycles. The SMILES string of the molecule is NC(=O)c1cnc(N[C@@H]2CCCC[C@@H]2N)nc1Nc1ccc2c(c1)NC(=O)CO2. The van der Waals surface area contributed by atoms with Crippen molar-refractivity contribution in [3.63, 3.8) is 0 Å². The van der Waals surface area contributed by atoms with Crippen molar-refractivity contribution < 1.29 is 14.3 Å². The van der Waals surface area contributed by atoms with E-state index in [1.807, 2.05) is 0 Å². The fourth-order valence-electron chi connectivity index (χ4n) is 3.53. The van der Waals surface area contributed by atoms with Crippen LogP contribution in [0.15, 0.2) is 24.4 Å². The van der Waals surface area contributed by atoms with Crippen molar-refractivity contribution >= 4 is 35.0 Å². The topological polar surface area (TPSA) is 157 Å². The normalized spacial score (nSPS) is 20.8. The molecule has 1 saturated carbocycles. The number of fused-ring (bicyclic) bond motifs is 1. The third-order valence-electron chi connectivity index (χ3n) is 5.06. The minimum Gasteiger partial charge on any atom is -0.482 e. The molecule has 0 unspecified atom stereocenters. The number of nitrogens with two attached hydrogens (primary N) is 2. The van der Waals surface area contributed by atoms with Gasteiger partial charge in [-0.05, 0) is 31.0 Å². The van der Waals surface area contributed by atoms with Crippen LogP contribution in [0.4, 0.5) is 23.1 Å². The van der Waals surface area contributed by atoms with Crippen molar-refractivity contribution in [3.8, 4) is 5.75 Å². The Morgan fingerprint density at radius 3 is 2.90 bits per heavy atom. The third-order valence-corrected chi connectivity index (χ3v) is 5.06. The number of nitrogens with one attached hydrogen (secondary N) is 3. The van der Waals surface area contributed by atoms with Crippen molar-refractivity contribution in [2.45, 2.75) is 37.8 Å². The summed E-state index contributed by atoms with van der Waals surface area (Å²) in [5.74, 6) is 0.325. The predicted molar refractivity (Wildman–Crippen MR) is 108 cm³/mol. The number of hydrogen-bond acceptors (Lipinski definition) is 8. The summed E-state index contributed by atoms with van der Waals surface area (Å²) in [5.41, 5.74) is 13.0. The number of primary amides is 1. The molecule has 1 aliphatic carbocycles. The van der Waals surface area contributed by atoms with Gasteiger partial charge in [-0.3, -0.25) is 9.59 Å². The number of nitrogens with zero attached hydrogens (tertiary/aromatic N) is 2. The van der Waals surface area contributed by atoms with Crippen LogP contribution in [0, 0.1) is 0 Å². The monoisotopic (exact) mass is 397 g/mol. The van der Waals surface area contributed by atoms with E-state index in [2.05, 4.69) is 25.9 Å². The quantitative estimate of drug-likeness (QED) is 0.505. The average Bonchev–Trinajstić information content (AvgIpc) is 2.69. The molecule has 7 N–H and O–H groups in total. The van der Waals surface area contributed by atoms with Gasteiger partial charge in [0.1, 0.15) is 17.1 Å². The molecule has 152 valence electrons. The molecule has 2 heterocycles. The zero-order chi connectivity index (χ0) is 20.4. The molecule has 2 amide bonds. The van der Waals surface area contributed by atoms with Crippen LogP contribution in [0.5, 0.6) is 5.75 Å². The average molecular weight is 397 g/mol. The van der Waals surface area contributed by atoms with E-state index in [0.717, 1.165) is 25.7 Å². The first-order chi connectivity index (χ1) is 14.0. The fourth-order valence-corrected chi connectivity index (χ4v) is 3.53. The highest BCUT2D eigenvalue weighted by molar-refractivity contribution is 5.99. The molecule has 2 aliphatic rings. The minimum absolute atomic E-state index is 0.0180. The molecule has 2 atom stereocenters. The van der Waals surface area contributed by atoms with E-state index in [0.29, 0.717) is 23.1 Å². The molecule has 0 bridgehead atoms. The first-order valence-electron chi connectivity index (χ1n) is 9.52. The van der Waals surface area contributed by atoms with Crippen molar-refractivity contribution in [1.29, 1.82) is 0 Å². The van der Waals surface area contributed by atoms with Crippen molar-refractivity contribution in [2.75, 3.05) is 22.6 Å². The van der Waals surface area contributed by atoms with E-state index >= 15 is 0 Å². The smallest absolute Gasteiger partial charge is 0.262 e. The van der Waals surface area contributed by atoms with Gasteiger partial charge >= 0.3 is 0 Å². The maximum Gasteiger partial charge on any atom is 0.262 e. The molecular weight excluding hydrogens is 374 g/mol. The van der Waals surface area contributed by atoms with Crippen LogP contribution in [0.2, 0.25) is 0 Å². The van der Waals surface area contributed by atoms with Gasteiger partial charge in [0.2, 0.25) is 5.95 Å². The number of ether oxygens (including phenoxy) is 1. The van der Waals surface area contributed by atoms with Crippen LogP contribution < -0.4 is 32.2 Å². The Morgan fingerprint density at radius 2 is 2.10 bits per heavy atom. The second kappa shape index (κ2) is 7.92. The molecule has 1 aromatic carbocycles. The van der Waals surface area contributed by atoms with Gasteiger partial charge in [0.15, 0.2) is 6.61 Å². The Hall–Kier alpha value is -3.40. The maximum absolute atomic E-state index is 11.8. The number of anilines is 4. The van der Waals surface area contributed by atoms with Gasteiger partial charge in [0.05, 0.1) is 5.69 Å². The summed E-state index contributed by atoms with van der Waals surface area (Å²) < 4.78 is 5.36. The van der Waals surface area contributed by atoms with Crippen LogP contribution in [0.3, 0.4) is 0 Å². The van der Waals surface area contributed by atoms with Gasteiger partial charge in [0, 0.05) is 24.0 Å². The second-order valence-corrected chi connectivity index (χ2v) is 7.19. The molecule has 4 rings (SSSR count). The van der Waals surface area contributed by atoms with E-state index in [-0.39, 0.29) is 36.0 Å². The third kappa shape index (κ3) is 4.21. The highest BCUT2D eigenvalue weighted by atomic mass is 16.5. The van der Waals surface area contributed by atoms with Gasteiger partial charge in [-0.25, -0.2) is 4.98 Å². The predicted octanol–water partition coefficient (Wildman–Crippen LogP) is 1.33. The lowest BCUT2D eigenvalue weighted by Gasteiger charge is -2.29. The zero-order valence-electron chi connectivity index (χ0n) is 15.8. The van der Waals surface area contributed by atoms with Gasteiger partial charge in [-0.2, -0.15) is 4.98 Å². The first kappa shape index (κ1) is 18.9. The van der Waals surface area contributed by atoms with Gasteiger partial charge in [-0.1, -0.05) is 12.8 Å². The summed E-state index contributed by atoms with van der Waals surface area (Å²) in [6.45, 7) is -0.0180. The standard InChI is InChI=1S/C19H23N7O3/c20-12-3-1-2-4-13(12)25-19-22-8-11(17(21)28)18(26-19)23-10-5-6-15-14(7-10)24-16(27)9-29-15/h5-8,12-13H,1-4,9,20H2,(H2,21,28)(H,24,27)(H2,22,23,25,26)/t12-,13+/m0/s1. The van der Waals surface area contributed by atoms with Gasteiger partial charge < -0.3 is 32.2 Å². The summed E-state index contributed by atoms with van der Waals surface area (Å²) >= 11 is 0. The highest BCUT2D eigenvalue weighted by Crippen LogP contribution is 2.32. The number of aromatic nitrogens is 2. The van der Waals surface area contributed by atoms with E-state index in [9.17, 15) is 9.59 Å². The van der Waals surface area contributed by atoms with E-state index < -0.39 is 5.91 Å². The van der Waals surface area contributed by atoms with Crippen molar-refractivity contribution in [3.05, 3.63) is 30.0 Å². The Kier molecular flexibility index (Phi) is 5.17. The number of carbonyl (C=O) groups is 2. The molecule has 1 fully saturated rings. The number of rotatable bonds is 5. The summed E-state index contributed by atoms with van der Waals surface area (Å²) in [6, 6.07) is 5.29. The summed E-state index contributed by atoms with van der Waals surface area (Å²) in [5, 5.41) is 9.08. The lowest BCUT2D eigenvalue weighted by Crippen LogP contribution is -2.43. The molecule has 0 spiro atoms. The number of amides is 2. The van der Waals surface area contributed by atoms with E-state index in [4.69, 9.17) is 16.2 Å². The van der Waals surface area contributed by atoms with Crippen LogP contribution in [-0.4, -0.2) is 40.5 Å². The number of carbonyl (C=O) groups excluding carboxylic acids is 2. The second-order valence-electron chi connectivity index (χ2n) is 7.19. The Labute approximate surface area is 167 Å². The van der Waals surface area contributed by atoms with Gasteiger partial charge in [0.25, 0.3) is 11.8 Å². The van der Waals surface area contributed by atoms with Gasteiger partial charge in [-0.15, -0.1) is 0 Å². The lowest BCUT2D eigenvalue weighted by molar-refractivity contribution is -0.118. The lowest BCUT2D eigenvalue weighted by atomic mass is 9.91. The fraction of sp³-hybridized carbons (Fsp3) is 0.368. The van der Waals surface area contributed by atoms with Crippen LogP contribution in [0.1, 0.15) is 36.0 Å². The van der Waals surface area contributed by atoms with E-state index in [1.165, 1.54) is 6.20 Å². The summed E-state index contributed by atoms with van der Waals surface area (Å²) in [7, 11) is 0. The molecule has 10 heteroatoms. The highest BCUT2D eigenvalue weighted by Gasteiger charge is 2.23. The molecular formula is C19H23N7O3. The molecule has 0 saturated heterocycles. The Balaban J connectivity index is 1.59. The minimum atomic E-state index is -0.650. The Bertz CT molecular complexity index is 949. The number of benzene rings is 1. The van der Waals surface area contributed by atoms with Crippen molar-refractivity contribution in [2.24, 2.45) is 11.5 Å². The largest absolute Gasteiger partial charge is 0.482 e. The molecule has 10 nitrogen and oxygen atoms in total. The molecule has 0 radical (unpaired) electrons. The van der Waals surface area contributed by atoms with Crippen molar-refractivity contribution in [1.82, 2.24) is 9.97 Å². The van der Waals surface area contributed by atoms with Crippen LogP contribution in [-0.2, 0) is 4.79 Å². The first-order valence-corrected chi connectivity index (χ1v) is 9.52. The maximum atomic E-state index is 11.8. The summed E-state index contributed by atoms with van der Waals surface area (Å²) in [6.07, 6.45) is 5.49. The van der Waals surface area contributed by atoms with E-state index in [1.54, 1.807) is 18.2 Å². The summed E-state index contributed by atoms with van der Waals surface area (Å²) in [4.78, 5) is 32.0. The zero-order valence-corrected chi connectivity index (χ0v) is 15.8.